The molecule has 0 radical (unpaired) electrons. The van der Waals surface area contributed by atoms with Gasteiger partial charge in [0.1, 0.15) is 5.54 Å². The minimum Gasteiger partial charge on any atom is -0.480 e. The molecule has 4 N–H and O–H groups in total. The molecule has 7 heteroatoms. The van der Waals surface area contributed by atoms with Crippen LogP contribution < -0.4 is 16.0 Å². The molecule has 0 bridgehead atoms. The molecule has 1 unspecified atom stereocenters. The van der Waals surface area contributed by atoms with E-state index in [4.69, 9.17) is 5.11 Å². The lowest BCUT2D eigenvalue weighted by Crippen LogP contribution is -2.55. The first-order valence-electron chi connectivity index (χ1n) is 6.96. The number of urea groups is 1. The molecule has 114 valence electrons. The van der Waals surface area contributed by atoms with Gasteiger partial charge in [-0.15, -0.1) is 0 Å². The van der Waals surface area contributed by atoms with E-state index in [1.165, 1.54) is 6.92 Å². The van der Waals surface area contributed by atoms with Crippen molar-refractivity contribution in [1.82, 2.24) is 16.0 Å². The van der Waals surface area contributed by atoms with Gasteiger partial charge in [0.05, 0.1) is 0 Å². The molecule has 7 nitrogen and oxygen atoms in total. The van der Waals surface area contributed by atoms with Crippen molar-refractivity contribution in [2.24, 2.45) is 5.92 Å². The van der Waals surface area contributed by atoms with E-state index in [-0.39, 0.29) is 18.4 Å². The molecule has 0 aromatic heterocycles. The summed E-state index contributed by atoms with van der Waals surface area (Å²) >= 11 is 0. The zero-order valence-electron chi connectivity index (χ0n) is 12.0. The number of carbonyl (C=O) groups is 3. The minimum absolute atomic E-state index is 0.0218. The average molecular weight is 285 g/mol. The third kappa shape index (κ3) is 5.07. The van der Waals surface area contributed by atoms with Crippen LogP contribution in [0.1, 0.15) is 39.5 Å². The molecule has 1 saturated carbocycles. The molecule has 3 amide bonds. The Morgan fingerprint density at radius 2 is 1.80 bits per heavy atom. The molecule has 1 aliphatic rings. The van der Waals surface area contributed by atoms with Gasteiger partial charge in [0, 0.05) is 19.0 Å². The van der Waals surface area contributed by atoms with E-state index in [9.17, 15) is 14.4 Å². The van der Waals surface area contributed by atoms with Crippen molar-refractivity contribution in [1.29, 1.82) is 0 Å². The summed E-state index contributed by atoms with van der Waals surface area (Å²) in [4.78, 5) is 34.1. The lowest BCUT2D eigenvalue weighted by molar-refractivity contribution is -0.144. The Labute approximate surface area is 118 Å². The highest BCUT2D eigenvalue weighted by Crippen LogP contribution is 2.28. The lowest BCUT2D eigenvalue weighted by atomic mass is 9.97. The molecule has 0 saturated heterocycles. The third-order valence-corrected chi connectivity index (χ3v) is 3.27. The van der Waals surface area contributed by atoms with Crippen molar-refractivity contribution in [3.8, 4) is 0 Å². The zero-order chi connectivity index (χ0) is 15.2. The first-order valence-corrected chi connectivity index (χ1v) is 6.96. The fourth-order valence-corrected chi connectivity index (χ4v) is 1.87. The van der Waals surface area contributed by atoms with E-state index < -0.39 is 17.5 Å². The van der Waals surface area contributed by atoms with Crippen molar-refractivity contribution in [2.75, 3.05) is 13.1 Å². The molecule has 20 heavy (non-hydrogen) atoms. The number of hydrogen-bond donors (Lipinski definition) is 4. The SMILES string of the molecule is CCCC(C)(NC(=O)NCCNC(=O)C1CC1)C(=O)O. The van der Waals surface area contributed by atoms with Gasteiger partial charge in [-0.05, 0) is 26.2 Å². The second-order valence-corrected chi connectivity index (χ2v) is 5.33. The van der Waals surface area contributed by atoms with Crippen LogP contribution in [0.25, 0.3) is 0 Å². The third-order valence-electron chi connectivity index (χ3n) is 3.27. The molecular formula is C13H23N3O4. The van der Waals surface area contributed by atoms with E-state index in [0.717, 1.165) is 12.8 Å². The molecule has 0 spiro atoms. The quantitative estimate of drug-likeness (QED) is 0.486. The van der Waals surface area contributed by atoms with Crippen LogP contribution in [-0.4, -0.2) is 41.6 Å². The van der Waals surface area contributed by atoms with Crippen molar-refractivity contribution in [3.05, 3.63) is 0 Å². The number of amides is 3. The molecule has 1 fully saturated rings. The van der Waals surface area contributed by atoms with Gasteiger partial charge in [-0.25, -0.2) is 9.59 Å². The monoisotopic (exact) mass is 285 g/mol. The maximum atomic E-state index is 11.6. The molecule has 0 aliphatic heterocycles. The van der Waals surface area contributed by atoms with Crippen LogP contribution in [0.4, 0.5) is 4.79 Å². The Bertz CT molecular complexity index is 382. The van der Waals surface area contributed by atoms with Gasteiger partial charge in [-0.1, -0.05) is 13.3 Å². The standard InChI is InChI=1S/C13H23N3O4/c1-3-6-13(2,11(18)19)16-12(20)15-8-7-14-10(17)9-4-5-9/h9H,3-8H2,1-2H3,(H,14,17)(H,18,19)(H2,15,16,20). The summed E-state index contributed by atoms with van der Waals surface area (Å²) in [7, 11) is 0. The smallest absolute Gasteiger partial charge is 0.329 e. The van der Waals surface area contributed by atoms with Gasteiger partial charge in [0.2, 0.25) is 5.91 Å². The molecule has 0 aromatic rings. The van der Waals surface area contributed by atoms with Crippen LogP contribution in [0.15, 0.2) is 0 Å². The Balaban J connectivity index is 2.23. The summed E-state index contributed by atoms with van der Waals surface area (Å²) in [6.07, 6.45) is 2.89. The maximum Gasteiger partial charge on any atom is 0.329 e. The summed E-state index contributed by atoms with van der Waals surface area (Å²) < 4.78 is 0. The number of carbonyl (C=O) groups excluding carboxylic acids is 2. The maximum absolute atomic E-state index is 11.6. The molecule has 0 aromatic carbocycles. The van der Waals surface area contributed by atoms with Crippen LogP contribution in [-0.2, 0) is 9.59 Å². The second-order valence-electron chi connectivity index (χ2n) is 5.33. The molecule has 1 atom stereocenters. The molecule has 1 aliphatic carbocycles. The highest BCUT2D eigenvalue weighted by atomic mass is 16.4. The van der Waals surface area contributed by atoms with E-state index in [2.05, 4.69) is 16.0 Å². The van der Waals surface area contributed by atoms with Crippen LogP contribution >= 0.6 is 0 Å². The molecule has 0 heterocycles. The fourth-order valence-electron chi connectivity index (χ4n) is 1.87. The summed E-state index contributed by atoms with van der Waals surface area (Å²) in [5.74, 6) is -0.895. The first-order chi connectivity index (χ1) is 9.39. The summed E-state index contributed by atoms with van der Waals surface area (Å²) in [6, 6.07) is -0.538. The van der Waals surface area contributed by atoms with E-state index in [0.29, 0.717) is 19.4 Å². The van der Waals surface area contributed by atoms with E-state index >= 15 is 0 Å². The summed E-state index contributed by atoms with van der Waals surface area (Å²) in [5.41, 5.74) is -1.27. The second kappa shape index (κ2) is 7.12. The van der Waals surface area contributed by atoms with Crippen molar-refractivity contribution in [2.45, 2.75) is 45.1 Å². The van der Waals surface area contributed by atoms with Crippen LogP contribution in [0, 0.1) is 5.92 Å². The zero-order valence-corrected chi connectivity index (χ0v) is 12.0. The average Bonchev–Trinajstić information content (AvgIpc) is 3.18. The van der Waals surface area contributed by atoms with Crippen molar-refractivity contribution >= 4 is 17.9 Å². The Hall–Kier alpha value is -1.79. The largest absolute Gasteiger partial charge is 0.480 e. The van der Waals surface area contributed by atoms with Crippen molar-refractivity contribution < 1.29 is 19.5 Å². The number of nitrogens with one attached hydrogen (secondary N) is 3. The van der Waals surface area contributed by atoms with Gasteiger partial charge in [-0.2, -0.15) is 0 Å². The number of carboxylic acid groups (broad SMARTS) is 1. The predicted octanol–water partition coefficient (Wildman–Crippen LogP) is 0.455. The summed E-state index contributed by atoms with van der Waals surface area (Å²) in [6.45, 7) is 3.95. The lowest BCUT2D eigenvalue weighted by Gasteiger charge is -2.25. The normalized spacial score (nSPS) is 16.9. The Morgan fingerprint density at radius 3 is 2.30 bits per heavy atom. The van der Waals surface area contributed by atoms with Gasteiger partial charge >= 0.3 is 12.0 Å². The topological polar surface area (TPSA) is 108 Å². The van der Waals surface area contributed by atoms with Crippen LogP contribution in [0.2, 0.25) is 0 Å². The number of hydrogen-bond acceptors (Lipinski definition) is 3. The predicted molar refractivity (Wildman–Crippen MR) is 73.2 cm³/mol. The highest BCUT2D eigenvalue weighted by molar-refractivity contribution is 5.85. The number of rotatable bonds is 8. The Kier molecular flexibility index (Phi) is 5.79. The Morgan fingerprint density at radius 1 is 1.20 bits per heavy atom. The minimum atomic E-state index is -1.27. The van der Waals surface area contributed by atoms with Crippen LogP contribution in [0.3, 0.4) is 0 Å². The van der Waals surface area contributed by atoms with Crippen LogP contribution in [0.5, 0.6) is 0 Å². The summed E-state index contributed by atoms with van der Waals surface area (Å²) in [5, 5.41) is 16.8. The van der Waals surface area contributed by atoms with Gasteiger partial charge in [0.15, 0.2) is 0 Å². The molecular weight excluding hydrogens is 262 g/mol. The van der Waals surface area contributed by atoms with Gasteiger partial charge in [-0.3, -0.25) is 4.79 Å². The van der Waals surface area contributed by atoms with E-state index in [1.54, 1.807) is 0 Å². The van der Waals surface area contributed by atoms with Crippen molar-refractivity contribution in [3.63, 3.8) is 0 Å². The number of carboxylic acids is 1. The first kappa shape index (κ1) is 16.3. The van der Waals surface area contributed by atoms with Gasteiger partial charge in [0.25, 0.3) is 0 Å². The van der Waals surface area contributed by atoms with E-state index in [1.807, 2.05) is 6.92 Å². The number of aliphatic carboxylic acids is 1. The fraction of sp³-hybridized carbons (Fsp3) is 0.769. The molecule has 1 rings (SSSR count). The van der Waals surface area contributed by atoms with Gasteiger partial charge < -0.3 is 21.1 Å². The highest BCUT2D eigenvalue weighted by Gasteiger charge is 2.33.